The summed E-state index contributed by atoms with van der Waals surface area (Å²) in [6.45, 7) is 0. The summed E-state index contributed by atoms with van der Waals surface area (Å²) in [5.74, 6) is 2.22. The fourth-order valence-electron chi connectivity index (χ4n) is 2.67. The third kappa shape index (κ3) is 1.47. The Balaban J connectivity index is 1.98. The van der Waals surface area contributed by atoms with Crippen LogP contribution in [0.15, 0.2) is 0 Å². The Morgan fingerprint density at radius 2 is 1.73 bits per heavy atom. The number of carbonyl (C=O) groups excluding carboxylic acids is 1. The Morgan fingerprint density at radius 1 is 1.00 bits per heavy atom. The van der Waals surface area contributed by atoms with Gasteiger partial charge in [0.15, 0.2) is 0 Å². The number of hydrogen-bond acceptors (Lipinski definition) is 1. The average molecular weight is 152 g/mol. The molecule has 0 unspecified atom stereocenters. The van der Waals surface area contributed by atoms with Gasteiger partial charge in [-0.15, -0.1) is 0 Å². The van der Waals surface area contributed by atoms with Crippen LogP contribution in [0, 0.1) is 11.8 Å². The van der Waals surface area contributed by atoms with Crippen molar-refractivity contribution in [3.8, 4) is 0 Å². The molecular weight excluding hydrogens is 136 g/mol. The molecule has 2 fully saturated rings. The Labute approximate surface area is 68.2 Å². The quantitative estimate of drug-likeness (QED) is 0.521. The first-order valence-electron chi connectivity index (χ1n) is 4.88. The summed E-state index contributed by atoms with van der Waals surface area (Å²) in [6, 6.07) is 0. The van der Waals surface area contributed by atoms with Gasteiger partial charge in [-0.3, -0.25) is 4.79 Å². The highest BCUT2D eigenvalue weighted by molar-refractivity contribution is 5.79. The van der Waals surface area contributed by atoms with Crippen molar-refractivity contribution in [2.75, 3.05) is 0 Å². The Morgan fingerprint density at radius 3 is 2.55 bits per heavy atom. The standard InChI is InChI=1S/C10H16O/c11-10-6-5-8-3-1-2-4-9(8)7-10/h8-9H,1-7H2/t8-,9+/m1/s1. The molecule has 0 bridgehead atoms. The minimum Gasteiger partial charge on any atom is -0.300 e. The van der Waals surface area contributed by atoms with Gasteiger partial charge in [-0.25, -0.2) is 0 Å². The summed E-state index contributed by atoms with van der Waals surface area (Å²) < 4.78 is 0. The van der Waals surface area contributed by atoms with Crippen LogP contribution in [0.5, 0.6) is 0 Å². The van der Waals surface area contributed by atoms with Gasteiger partial charge in [-0.1, -0.05) is 19.3 Å². The van der Waals surface area contributed by atoms with Gasteiger partial charge in [0.1, 0.15) is 5.78 Å². The van der Waals surface area contributed by atoms with E-state index in [0.717, 1.165) is 24.7 Å². The zero-order chi connectivity index (χ0) is 7.68. The molecule has 2 aliphatic carbocycles. The highest BCUT2D eigenvalue weighted by Crippen LogP contribution is 2.38. The van der Waals surface area contributed by atoms with Crippen LogP contribution in [0.3, 0.4) is 0 Å². The number of Topliss-reactive ketones (excluding diaryl/α,β-unsaturated/α-hetero) is 1. The number of hydrogen-bond donors (Lipinski definition) is 0. The topological polar surface area (TPSA) is 17.1 Å². The number of fused-ring (bicyclic) bond motifs is 1. The maximum absolute atomic E-state index is 11.1. The van der Waals surface area contributed by atoms with E-state index in [0.29, 0.717) is 5.78 Å². The lowest BCUT2D eigenvalue weighted by atomic mass is 9.71. The third-order valence-electron chi connectivity index (χ3n) is 3.35. The molecule has 0 saturated heterocycles. The molecule has 2 saturated carbocycles. The van der Waals surface area contributed by atoms with E-state index in [1.165, 1.54) is 32.1 Å². The molecule has 11 heavy (non-hydrogen) atoms. The molecule has 62 valence electrons. The second-order valence-corrected chi connectivity index (χ2v) is 4.09. The molecule has 1 nitrogen and oxygen atoms in total. The molecule has 0 aromatic heterocycles. The van der Waals surface area contributed by atoms with Gasteiger partial charge in [0.2, 0.25) is 0 Å². The molecule has 0 heterocycles. The van der Waals surface area contributed by atoms with Gasteiger partial charge < -0.3 is 0 Å². The van der Waals surface area contributed by atoms with E-state index in [-0.39, 0.29) is 0 Å². The summed E-state index contributed by atoms with van der Waals surface area (Å²) >= 11 is 0. The highest BCUT2D eigenvalue weighted by atomic mass is 16.1. The highest BCUT2D eigenvalue weighted by Gasteiger charge is 2.30. The molecule has 0 aliphatic heterocycles. The molecule has 0 aromatic carbocycles. The maximum atomic E-state index is 11.1. The fourth-order valence-corrected chi connectivity index (χ4v) is 2.67. The molecule has 0 radical (unpaired) electrons. The van der Waals surface area contributed by atoms with E-state index in [1.807, 2.05) is 0 Å². The number of rotatable bonds is 0. The third-order valence-corrected chi connectivity index (χ3v) is 3.35. The van der Waals surface area contributed by atoms with Crippen LogP contribution in [0.1, 0.15) is 44.9 Å². The van der Waals surface area contributed by atoms with E-state index in [9.17, 15) is 4.79 Å². The van der Waals surface area contributed by atoms with Gasteiger partial charge in [-0.05, 0) is 24.7 Å². The Hall–Kier alpha value is -0.330. The van der Waals surface area contributed by atoms with Gasteiger partial charge in [0.25, 0.3) is 0 Å². The van der Waals surface area contributed by atoms with Crippen LogP contribution in [0.4, 0.5) is 0 Å². The molecule has 1 heteroatoms. The molecule has 0 N–H and O–H groups in total. The minimum atomic E-state index is 0.521. The molecule has 2 atom stereocenters. The summed E-state index contributed by atoms with van der Waals surface area (Å²) in [4.78, 5) is 11.1. The van der Waals surface area contributed by atoms with E-state index in [2.05, 4.69) is 0 Å². The van der Waals surface area contributed by atoms with E-state index in [4.69, 9.17) is 0 Å². The minimum absolute atomic E-state index is 0.521. The first kappa shape index (κ1) is 7.33. The van der Waals surface area contributed by atoms with Gasteiger partial charge in [0, 0.05) is 12.8 Å². The zero-order valence-electron chi connectivity index (χ0n) is 7.01. The van der Waals surface area contributed by atoms with Crippen molar-refractivity contribution >= 4 is 5.78 Å². The average Bonchev–Trinajstić information content (AvgIpc) is 2.04. The monoisotopic (exact) mass is 152 g/mol. The van der Waals surface area contributed by atoms with Crippen molar-refractivity contribution in [2.45, 2.75) is 44.9 Å². The van der Waals surface area contributed by atoms with Gasteiger partial charge in [0.05, 0.1) is 0 Å². The molecular formula is C10H16O. The van der Waals surface area contributed by atoms with Crippen molar-refractivity contribution in [3.63, 3.8) is 0 Å². The molecule has 0 amide bonds. The second-order valence-electron chi connectivity index (χ2n) is 4.09. The van der Waals surface area contributed by atoms with Crippen molar-refractivity contribution in [2.24, 2.45) is 11.8 Å². The molecule has 0 spiro atoms. The van der Waals surface area contributed by atoms with Crippen LogP contribution in [0.2, 0.25) is 0 Å². The van der Waals surface area contributed by atoms with E-state index >= 15 is 0 Å². The first-order chi connectivity index (χ1) is 5.36. The largest absolute Gasteiger partial charge is 0.300 e. The predicted octanol–water partition coefficient (Wildman–Crippen LogP) is 2.55. The summed E-state index contributed by atoms with van der Waals surface area (Å²) in [6.07, 6.45) is 8.49. The number of carbonyl (C=O) groups is 1. The summed E-state index contributed by atoms with van der Waals surface area (Å²) in [7, 11) is 0. The van der Waals surface area contributed by atoms with Crippen LogP contribution >= 0.6 is 0 Å². The van der Waals surface area contributed by atoms with Crippen LogP contribution in [-0.2, 0) is 4.79 Å². The van der Waals surface area contributed by atoms with Crippen molar-refractivity contribution in [3.05, 3.63) is 0 Å². The lowest BCUT2D eigenvalue weighted by Crippen LogP contribution is -2.27. The van der Waals surface area contributed by atoms with Gasteiger partial charge >= 0.3 is 0 Å². The van der Waals surface area contributed by atoms with E-state index < -0.39 is 0 Å². The SMILES string of the molecule is O=C1CC[C@H]2CCCC[C@H]2C1. The van der Waals surface area contributed by atoms with Crippen molar-refractivity contribution < 1.29 is 4.79 Å². The van der Waals surface area contributed by atoms with Crippen LogP contribution < -0.4 is 0 Å². The molecule has 2 aliphatic rings. The van der Waals surface area contributed by atoms with Crippen molar-refractivity contribution in [1.29, 1.82) is 0 Å². The zero-order valence-corrected chi connectivity index (χ0v) is 7.01. The first-order valence-corrected chi connectivity index (χ1v) is 4.88. The van der Waals surface area contributed by atoms with Crippen molar-refractivity contribution in [1.82, 2.24) is 0 Å². The lowest BCUT2D eigenvalue weighted by molar-refractivity contribution is -0.123. The summed E-state index contributed by atoms with van der Waals surface area (Å²) in [5, 5.41) is 0. The Kier molecular flexibility index (Phi) is 1.97. The maximum Gasteiger partial charge on any atom is 0.133 e. The fraction of sp³-hybridized carbons (Fsp3) is 0.900. The van der Waals surface area contributed by atoms with Crippen LogP contribution in [0.25, 0.3) is 0 Å². The Bertz CT molecular complexity index is 162. The van der Waals surface area contributed by atoms with Gasteiger partial charge in [-0.2, -0.15) is 0 Å². The van der Waals surface area contributed by atoms with Crippen LogP contribution in [-0.4, -0.2) is 5.78 Å². The lowest BCUT2D eigenvalue weighted by Gasteiger charge is -2.34. The van der Waals surface area contributed by atoms with E-state index in [1.54, 1.807) is 0 Å². The second kappa shape index (κ2) is 2.96. The smallest absolute Gasteiger partial charge is 0.133 e. The normalized spacial score (nSPS) is 38.4. The summed E-state index contributed by atoms with van der Waals surface area (Å²) in [5.41, 5.74) is 0. The number of ketones is 1. The molecule has 0 aromatic rings. The molecule has 2 rings (SSSR count). The predicted molar refractivity (Wildman–Crippen MR) is 44.3 cm³/mol.